The number of likely N-dealkylation sites (N-methyl/N-ethyl adjacent to an activating group) is 1. The molecule has 0 aromatic rings. The second kappa shape index (κ2) is 8.01. The van der Waals surface area contributed by atoms with Crippen LogP contribution < -0.4 is 5.32 Å². The van der Waals surface area contributed by atoms with Gasteiger partial charge in [-0.2, -0.15) is 0 Å². The molecule has 0 unspecified atom stereocenters. The molecule has 4 nitrogen and oxygen atoms in total. The predicted molar refractivity (Wildman–Crippen MR) is 52.7 cm³/mol. The lowest BCUT2D eigenvalue weighted by Gasteiger charge is -2.10. The molecule has 0 heterocycles. The Morgan fingerprint density at radius 3 is 2.62 bits per heavy atom. The van der Waals surface area contributed by atoms with E-state index in [0.717, 1.165) is 13.1 Å². The molecule has 13 heavy (non-hydrogen) atoms. The van der Waals surface area contributed by atoms with E-state index >= 15 is 0 Å². The van der Waals surface area contributed by atoms with Gasteiger partial charge in [0, 0.05) is 20.6 Å². The molecule has 0 aromatic carbocycles. The van der Waals surface area contributed by atoms with Crippen LogP contribution in [0.5, 0.6) is 0 Å². The topological polar surface area (TPSA) is 41.6 Å². The molecule has 0 saturated carbocycles. The minimum Gasteiger partial charge on any atom is -0.380 e. The number of carbonyl (C=O) groups is 1. The van der Waals surface area contributed by atoms with Gasteiger partial charge in [-0.05, 0) is 6.54 Å². The molecular weight excluding hydrogens is 168 g/mol. The van der Waals surface area contributed by atoms with Gasteiger partial charge in [-0.25, -0.2) is 0 Å². The van der Waals surface area contributed by atoms with Crippen molar-refractivity contribution in [2.45, 2.75) is 13.3 Å². The Bertz CT molecular complexity index is 138. The first-order valence-corrected chi connectivity index (χ1v) is 4.67. The lowest BCUT2D eigenvalue weighted by Crippen LogP contribution is -2.24. The van der Waals surface area contributed by atoms with E-state index in [4.69, 9.17) is 4.74 Å². The Morgan fingerprint density at radius 1 is 1.38 bits per heavy atom. The van der Waals surface area contributed by atoms with Gasteiger partial charge in [-0.1, -0.05) is 6.92 Å². The molecule has 0 aliphatic rings. The summed E-state index contributed by atoms with van der Waals surface area (Å²) in [6.45, 7) is 5.05. The van der Waals surface area contributed by atoms with Gasteiger partial charge in [0.1, 0.15) is 0 Å². The average Bonchev–Trinajstić information content (AvgIpc) is 2.10. The van der Waals surface area contributed by atoms with E-state index in [1.165, 1.54) is 0 Å². The third kappa shape index (κ3) is 7.74. The Hall–Kier alpha value is -0.610. The number of rotatable bonds is 7. The van der Waals surface area contributed by atoms with Crippen LogP contribution >= 0.6 is 0 Å². The maximum atomic E-state index is 11.1. The summed E-state index contributed by atoms with van der Waals surface area (Å²) < 4.78 is 5.25. The molecule has 0 bridgehead atoms. The molecule has 0 fully saturated rings. The zero-order valence-electron chi connectivity index (χ0n) is 8.80. The Balaban J connectivity index is 3.12. The number of nitrogens with one attached hydrogen (secondary N) is 1. The van der Waals surface area contributed by atoms with Crippen LogP contribution in [0.4, 0.5) is 0 Å². The number of ether oxygens (including phenoxy) is 1. The van der Waals surface area contributed by atoms with Gasteiger partial charge in [0.15, 0.2) is 0 Å². The molecular formula is C9H20N2O2. The van der Waals surface area contributed by atoms with Crippen LogP contribution in [0.3, 0.4) is 0 Å². The van der Waals surface area contributed by atoms with Crippen molar-refractivity contribution in [3.05, 3.63) is 0 Å². The highest BCUT2D eigenvalue weighted by molar-refractivity contribution is 5.75. The van der Waals surface area contributed by atoms with E-state index in [2.05, 4.69) is 12.2 Å². The molecule has 1 N–H and O–H groups in total. The average molecular weight is 188 g/mol. The van der Waals surface area contributed by atoms with Crippen molar-refractivity contribution < 1.29 is 9.53 Å². The fourth-order valence-electron chi connectivity index (χ4n) is 0.806. The Morgan fingerprint density at radius 2 is 2.08 bits per heavy atom. The number of carbonyl (C=O) groups excluding carboxylic acids is 1. The van der Waals surface area contributed by atoms with Gasteiger partial charge in [0.2, 0.25) is 5.91 Å². The van der Waals surface area contributed by atoms with Crippen LogP contribution in [0.25, 0.3) is 0 Å². The third-order valence-corrected chi connectivity index (χ3v) is 1.63. The first-order valence-electron chi connectivity index (χ1n) is 4.67. The van der Waals surface area contributed by atoms with Crippen LogP contribution in [-0.4, -0.2) is 51.2 Å². The molecule has 0 saturated heterocycles. The quantitative estimate of drug-likeness (QED) is 0.576. The molecule has 0 atom stereocenters. The molecule has 4 heteroatoms. The van der Waals surface area contributed by atoms with Crippen LogP contribution in [0, 0.1) is 0 Å². The van der Waals surface area contributed by atoms with Gasteiger partial charge in [-0.3, -0.25) is 4.79 Å². The van der Waals surface area contributed by atoms with E-state index < -0.39 is 0 Å². The molecule has 1 amide bonds. The standard InChI is InChI=1S/C9H20N2O2/c1-4-10-6-8-13-7-5-9(12)11(2)3/h10H,4-8H2,1-3H3. The molecule has 78 valence electrons. The second-order valence-electron chi connectivity index (χ2n) is 3.00. The first kappa shape index (κ1) is 12.4. The summed E-state index contributed by atoms with van der Waals surface area (Å²) in [5.41, 5.74) is 0. The van der Waals surface area contributed by atoms with E-state index in [1.807, 2.05) is 0 Å². The smallest absolute Gasteiger partial charge is 0.224 e. The SMILES string of the molecule is CCNCCOCCC(=O)N(C)C. The van der Waals surface area contributed by atoms with E-state index in [9.17, 15) is 4.79 Å². The lowest BCUT2D eigenvalue weighted by molar-refractivity contribution is -0.129. The summed E-state index contributed by atoms with van der Waals surface area (Å²) in [5, 5.41) is 3.14. The molecule has 0 aromatic heterocycles. The van der Waals surface area contributed by atoms with Crippen molar-refractivity contribution in [2.75, 3.05) is 40.4 Å². The second-order valence-corrected chi connectivity index (χ2v) is 3.00. The fraction of sp³-hybridized carbons (Fsp3) is 0.889. The van der Waals surface area contributed by atoms with E-state index in [-0.39, 0.29) is 5.91 Å². The summed E-state index contributed by atoms with van der Waals surface area (Å²) in [5.74, 6) is 0.114. The zero-order valence-corrected chi connectivity index (χ0v) is 8.80. The summed E-state index contributed by atoms with van der Waals surface area (Å²) in [4.78, 5) is 12.6. The van der Waals surface area contributed by atoms with Crippen molar-refractivity contribution in [2.24, 2.45) is 0 Å². The van der Waals surface area contributed by atoms with E-state index in [0.29, 0.717) is 19.6 Å². The van der Waals surface area contributed by atoms with Gasteiger partial charge < -0.3 is 15.0 Å². The molecule has 0 rings (SSSR count). The molecule has 0 radical (unpaired) electrons. The van der Waals surface area contributed by atoms with Crippen molar-refractivity contribution in [3.8, 4) is 0 Å². The number of amides is 1. The van der Waals surface area contributed by atoms with Crippen LogP contribution in [-0.2, 0) is 9.53 Å². The summed E-state index contributed by atoms with van der Waals surface area (Å²) >= 11 is 0. The van der Waals surface area contributed by atoms with Crippen LogP contribution in [0.2, 0.25) is 0 Å². The normalized spacial score (nSPS) is 10.1. The fourth-order valence-corrected chi connectivity index (χ4v) is 0.806. The maximum Gasteiger partial charge on any atom is 0.224 e. The molecule has 0 aliphatic heterocycles. The Labute approximate surface area is 80.2 Å². The maximum absolute atomic E-state index is 11.1. The zero-order chi connectivity index (χ0) is 10.1. The highest BCUT2D eigenvalue weighted by Crippen LogP contribution is 1.87. The van der Waals surface area contributed by atoms with Gasteiger partial charge in [-0.15, -0.1) is 0 Å². The van der Waals surface area contributed by atoms with Crippen LogP contribution in [0.1, 0.15) is 13.3 Å². The number of hydrogen-bond acceptors (Lipinski definition) is 3. The lowest BCUT2D eigenvalue weighted by atomic mass is 10.4. The minimum atomic E-state index is 0.114. The largest absolute Gasteiger partial charge is 0.380 e. The van der Waals surface area contributed by atoms with Crippen molar-refractivity contribution in [1.82, 2.24) is 10.2 Å². The van der Waals surface area contributed by atoms with Gasteiger partial charge >= 0.3 is 0 Å². The predicted octanol–water partition coefficient (Wildman–Crippen LogP) is 0.0908. The van der Waals surface area contributed by atoms with Crippen molar-refractivity contribution in [3.63, 3.8) is 0 Å². The number of hydrogen-bond donors (Lipinski definition) is 1. The molecule has 0 spiro atoms. The van der Waals surface area contributed by atoms with Gasteiger partial charge in [0.05, 0.1) is 19.6 Å². The van der Waals surface area contributed by atoms with Crippen molar-refractivity contribution >= 4 is 5.91 Å². The number of nitrogens with zero attached hydrogens (tertiary/aromatic N) is 1. The van der Waals surface area contributed by atoms with Gasteiger partial charge in [0.25, 0.3) is 0 Å². The summed E-state index contributed by atoms with van der Waals surface area (Å²) in [7, 11) is 3.50. The summed E-state index contributed by atoms with van der Waals surface area (Å²) in [6, 6.07) is 0. The molecule has 0 aliphatic carbocycles. The van der Waals surface area contributed by atoms with Crippen LogP contribution in [0.15, 0.2) is 0 Å². The highest BCUT2D eigenvalue weighted by Gasteiger charge is 2.02. The van der Waals surface area contributed by atoms with E-state index in [1.54, 1.807) is 19.0 Å². The Kier molecular flexibility index (Phi) is 7.63. The highest BCUT2D eigenvalue weighted by atomic mass is 16.5. The monoisotopic (exact) mass is 188 g/mol. The first-order chi connectivity index (χ1) is 6.18. The third-order valence-electron chi connectivity index (χ3n) is 1.63. The minimum absolute atomic E-state index is 0.114. The van der Waals surface area contributed by atoms with Crippen molar-refractivity contribution in [1.29, 1.82) is 0 Å². The summed E-state index contributed by atoms with van der Waals surface area (Å²) in [6.07, 6.45) is 0.471.